The zero-order chi connectivity index (χ0) is 10.7. The smallest absolute Gasteiger partial charge is 0.0518 e. The highest BCUT2D eigenvalue weighted by molar-refractivity contribution is 4.53. The third-order valence-corrected chi connectivity index (χ3v) is 2.13. The van der Waals surface area contributed by atoms with E-state index in [-0.39, 0.29) is 0 Å². The summed E-state index contributed by atoms with van der Waals surface area (Å²) in [6.45, 7) is 13.6. The Labute approximate surface area is 84.9 Å². The summed E-state index contributed by atoms with van der Waals surface area (Å²) in [5.41, 5.74) is 0. The van der Waals surface area contributed by atoms with Crippen LogP contribution in [0.25, 0.3) is 0 Å². The van der Waals surface area contributed by atoms with Crippen molar-refractivity contribution in [2.24, 2.45) is 5.92 Å². The molecule has 0 aromatic heterocycles. The van der Waals surface area contributed by atoms with E-state index in [1.54, 1.807) is 0 Å². The van der Waals surface area contributed by atoms with Crippen LogP contribution in [0.5, 0.6) is 0 Å². The molecule has 0 aliphatic heterocycles. The van der Waals surface area contributed by atoms with Gasteiger partial charge in [-0.2, -0.15) is 0 Å². The third-order valence-electron chi connectivity index (χ3n) is 2.13. The van der Waals surface area contributed by atoms with Gasteiger partial charge in [-0.05, 0) is 26.2 Å². The first-order valence-electron chi connectivity index (χ1n) is 5.82. The number of hydrogen-bond donors (Lipinski definition) is 0. The van der Waals surface area contributed by atoms with Gasteiger partial charge in [-0.15, -0.1) is 0 Å². The summed E-state index contributed by atoms with van der Waals surface area (Å²) in [7, 11) is 0. The molecule has 0 amide bonds. The Morgan fingerprint density at radius 2 is 1.46 bits per heavy atom. The van der Waals surface area contributed by atoms with Gasteiger partial charge in [0.25, 0.3) is 0 Å². The Kier molecular flexibility index (Phi) is 14.2. The number of ether oxygens (including phenoxy) is 1. The standard InChI is InChI=1S/C10H22O.C2H6/c1-5-10(6-2)7-8-11-9(3)4;1-2/h9-10H,5-8H2,1-4H3;1-2H3. The molecule has 0 fully saturated rings. The van der Waals surface area contributed by atoms with Gasteiger partial charge in [-0.25, -0.2) is 0 Å². The molecule has 0 saturated heterocycles. The first kappa shape index (κ1) is 15.4. The molecular weight excluding hydrogens is 160 g/mol. The lowest BCUT2D eigenvalue weighted by Crippen LogP contribution is -2.08. The Bertz CT molecular complexity index is 75.2. The van der Waals surface area contributed by atoms with Gasteiger partial charge in [0.15, 0.2) is 0 Å². The maximum absolute atomic E-state index is 5.48. The van der Waals surface area contributed by atoms with E-state index in [0.29, 0.717) is 6.10 Å². The Morgan fingerprint density at radius 3 is 1.77 bits per heavy atom. The van der Waals surface area contributed by atoms with Crippen molar-refractivity contribution in [1.29, 1.82) is 0 Å². The molecule has 0 N–H and O–H groups in total. The van der Waals surface area contributed by atoms with Crippen LogP contribution in [0.3, 0.4) is 0 Å². The van der Waals surface area contributed by atoms with Crippen molar-refractivity contribution in [1.82, 2.24) is 0 Å². The van der Waals surface area contributed by atoms with Gasteiger partial charge in [-0.1, -0.05) is 40.5 Å². The topological polar surface area (TPSA) is 9.23 Å². The van der Waals surface area contributed by atoms with Crippen molar-refractivity contribution in [3.8, 4) is 0 Å². The molecule has 0 atom stereocenters. The van der Waals surface area contributed by atoms with Crippen molar-refractivity contribution in [3.63, 3.8) is 0 Å². The molecule has 0 aliphatic rings. The van der Waals surface area contributed by atoms with E-state index < -0.39 is 0 Å². The minimum atomic E-state index is 0.393. The third kappa shape index (κ3) is 12.0. The van der Waals surface area contributed by atoms with Crippen LogP contribution in [0, 0.1) is 5.92 Å². The second-order valence-electron chi connectivity index (χ2n) is 3.39. The van der Waals surface area contributed by atoms with Crippen LogP contribution in [0.1, 0.15) is 60.8 Å². The minimum absolute atomic E-state index is 0.393. The number of rotatable bonds is 6. The van der Waals surface area contributed by atoms with Crippen molar-refractivity contribution >= 4 is 0 Å². The van der Waals surface area contributed by atoms with Gasteiger partial charge in [0.05, 0.1) is 6.10 Å². The molecule has 0 bridgehead atoms. The van der Waals surface area contributed by atoms with E-state index in [0.717, 1.165) is 12.5 Å². The van der Waals surface area contributed by atoms with Crippen LogP contribution in [0.15, 0.2) is 0 Å². The monoisotopic (exact) mass is 188 g/mol. The molecule has 0 aromatic rings. The summed E-state index contributed by atoms with van der Waals surface area (Å²) in [6.07, 6.45) is 4.20. The summed E-state index contributed by atoms with van der Waals surface area (Å²) in [5, 5.41) is 0. The van der Waals surface area contributed by atoms with Crippen LogP contribution in [0.2, 0.25) is 0 Å². The lowest BCUT2D eigenvalue weighted by molar-refractivity contribution is 0.0677. The lowest BCUT2D eigenvalue weighted by atomic mass is 10.0. The van der Waals surface area contributed by atoms with Crippen LogP contribution < -0.4 is 0 Å². The summed E-state index contributed by atoms with van der Waals surface area (Å²) < 4.78 is 5.48. The molecule has 1 nitrogen and oxygen atoms in total. The lowest BCUT2D eigenvalue weighted by Gasteiger charge is -2.13. The van der Waals surface area contributed by atoms with Crippen LogP contribution >= 0.6 is 0 Å². The molecule has 1 heteroatoms. The second kappa shape index (κ2) is 12.0. The average Bonchev–Trinajstić information content (AvgIpc) is 2.15. The maximum atomic E-state index is 5.48. The van der Waals surface area contributed by atoms with Gasteiger partial charge in [0.1, 0.15) is 0 Å². The van der Waals surface area contributed by atoms with E-state index >= 15 is 0 Å². The first-order valence-corrected chi connectivity index (χ1v) is 5.82. The molecule has 13 heavy (non-hydrogen) atoms. The molecule has 0 aliphatic carbocycles. The summed E-state index contributed by atoms with van der Waals surface area (Å²) in [5.74, 6) is 0.869. The quantitative estimate of drug-likeness (QED) is 0.605. The van der Waals surface area contributed by atoms with E-state index in [1.165, 1.54) is 19.3 Å². The summed E-state index contributed by atoms with van der Waals surface area (Å²) >= 11 is 0. The van der Waals surface area contributed by atoms with Gasteiger partial charge >= 0.3 is 0 Å². The largest absolute Gasteiger partial charge is 0.379 e. The summed E-state index contributed by atoms with van der Waals surface area (Å²) in [4.78, 5) is 0. The summed E-state index contributed by atoms with van der Waals surface area (Å²) in [6, 6.07) is 0. The van der Waals surface area contributed by atoms with Gasteiger partial charge in [-0.3, -0.25) is 0 Å². The van der Waals surface area contributed by atoms with E-state index in [2.05, 4.69) is 27.7 Å². The van der Waals surface area contributed by atoms with Gasteiger partial charge < -0.3 is 4.74 Å². The number of hydrogen-bond acceptors (Lipinski definition) is 1. The Morgan fingerprint density at radius 1 is 1.00 bits per heavy atom. The molecule has 0 spiro atoms. The zero-order valence-electron chi connectivity index (χ0n) is 10.4. The zero-order valence-corrected chi connectivity index (χ0v) is 10.4. The fourth-order valence-electron chi connectivity index (χ4n) is 1.17. The first-order chi connectivity index (χ1) is 6.20. The Balaban J connectivity index is 0. The maximum Gasteiger partial charge on any atom is 0.0518 e. The van der Waals surface area contributed by atoms with E-state index in [1.807, 2.05) is 13.8 Å². The second-order valence-corrected chi connectivity index (χ2v) is 3.39. The van der Waals surface area contributed by atoms with Gasteiger partial charge in [0.2, 0.25) is 0 Å². The van der Waals surface area contributed by atoms with Crippen LogP contribution in [0.4, 0.5) is 0 Å². The Hall–Kier alpha value is -0.0400. The molecule has 0 saturated carbocycles. The van der Waals surface area contributed by atoms with Crippen molar-refractivity contribution in [2.45, 2.75) is 66.9 Å². The van der Waals surface area contributed by atoms with Crippen molar-refractivity contribution < 1.29 is 4.74 Å². The highest BCUT2D eigenvalue weighted by Crippen LogP contribution is 2.12. The molecule has 82 valence electrons. The predicted octanol–water partition coefficient (Wildman–Crippen LogP) is 4.26. The fourth-order valence-corrected chi connectivity index (χ4v) is 1.17. The molecule has 0 unspecified atom stereocenters. The van der Waals surface area contributed by atoms with Crippen molar-refractivity contribution in [3.05, 3.63) is 0 Å². The SMILES string of the molecule is CC.CCC(CC)CCOC(C)C. The normalized spacial score (nSPS) is 10.2. The average molecular weight is 188 g/mol. The minimum Gasteiger partial charge on any atom is -0.379 e. The highest BCUT2D eigenvalue weighted by atomic mass is 16.5. The van der Waals surface area contributed by atoms with Crippen LogP contribution in [-0.2, 0) is 4.74 Å². The molecule has 0 rings (SSSR count). The van der Waals surface area contributed by atoms with E-state index in [4.69, 9.17) is 4.74 Å². The molecule has 0 heterocycles. The fraction of sp³-hybridized carbons (Fsp3) is 1.00. The molecule has 0 aromatic carbocycles. The molecular formula is C12H28O. The van der Waals surface area contributed by atoms with Crippen LogP contribution in [-0.4, -0.2) is 12.7 Å². The van der Waals surface area contributed by atoms with E-state index in [9.17, 15) is 0 Å². The van der Waals surface area contributed by atoms with Gasteiger partial charge in [0, 0.05) is 6.61 Å². The predicted molar refractivity (Wildman–Crippen MR) is 61.1 cm³/mol. The molecule has 0 radical (unpaired) electrons. The van der Waals surface area contributed by atoms with Crippen molar-refractivity contribution in [2.75, 3.05) is 6.61 Å². The highest BCUT2D eigenvalue weighted by Gasteiger charge is 2.02.